The van der Waals surface area contributed by atoms with Crippen molar-refractivity contribution in [1.82, 2.24) is 5.32 Å². The van der Waals surface area contributed by atoms with Gasteiger partial charge in [0.2, 0.25) is 0 Å². The third kappa shape index (κ3) is 6.78. The monoisotopic (exact) mass is 287 g/mol. The van der Waals surface area contributed by atoms with Crippen LogP contribution >= 0.6 is 11.6 Å². The van der Waals surface area contributed by atoms with E-state index in [1.165, 1.54) is 0 Å². The quantitative estimate of drug-likeness (QED) is 0.684. The summed E-state index contributed by atoms with van der Waals surface area (Å²) in [4.78, 5) is 0. The van der Waals surface area contributed by atoms with Crippen LogP contribution in [-0.2, 0) is 11.3 Å². The van der Waals surface area contributed by atoms with Gasteiger partial charge in [-0.25, -0.2) is 0 Å². The van der Waals surface area contributed by atoms with Gasteiger partial charge in [0, 0.05) is 12.6 Å². The number of aliphatic hydroxyl groups excluding tert-OH is 1. The van der Waals surface area contributed by atoms with Crippen LogP contribution < -0.4 is 10.1 Å². The molecule has 1 aromatic rings. The summed E-state index contributed by atoms with van der Waals surface area (Å²) in [6, 6.07) is 6.20. The molecule has 0 fully saturated rings. The summed E-state index contributed by atoms with van der Waals surface area (Å²) in [7, 11) is 0. The molecule has 0 spiro atoms. The van der Waals surface area contributed by atoms with Gasteiger partial charge in [0.15, 0.2) is 0 Å². The summed E-state index contributed by atoms with van der Waals surface area (Å²) >= 11 is 6.15. The van der Waals surface area contributed by atoms with Crippen molar-refractivity contribution in [2.75, 3.05) is 26.4 Å². The molecule has 0 radical (unpaired) electrons. The Bertz CT molecular complexity index is 372. The molecular weight excluding hydrogens is 266 g/mol. The number of rotatable bonds is 9. The first-order valence-corrected chi connectivity index (χ1v) is 6.84. The van der Waals surface area contributed by atoms with Crippen molar-refractivity contribution in [3.05, 3.63) is 28.8 Å². The lowest BCUT2D eigenvalue weighted by atomic mass is 10.2. The number of aliphatic hydroxyl groups is 1. The van der Waals surface area contributed by atoms with Gasteiger partial charge in [0.1, 0.15) is 12.4 Å². The first-order chi connectivity index (χ1) is 9.13. The van der Waals surface area contributed by atoms with Crippen LogP contribution in [-0.4, -0.2) is 37.6 Å². The fourth-order valence-corrected chi connectivity index (χ4v) is 1.73. The normalized spacial score (nSPS) is 11.0. The van der Waals surface area contributed by atoms with Crippen LogP contribution in [0.1, 0.15) is 19.4 Å². The first kappa shape index (κ1) is 16.2. The van der Waals surface area contributed by atoms with E-state index in [9.17, 15) is 0 Å². The summed E-state index contributed by atoms with van der Waals surface area (Å²) in [6.07, 6.45) is 0. The second kappa shape index (κ2) is 9.15. The number of ether oxygens (including phenoxy) is 2. The molecule has 2 N–H and O–H groups in total. The van der Waals surface area contributed by atoms with Gasteiger partial charge < -0.3 is 19.9 Å². The molecular formula is C14H22ClNO3. The zero-order valence-electron chi connectivity index (χ0n) is 11.5. The van der Waals surface area contributed by atoms with Gasteiger partial charge in [-0.2, -0.15) is 0 Å². The van der Waals surface area contributed by atoms with Crippen molar-refractivity contribution in [2.24, 2.45) is 0 Å². The van der Waals surface area contributed by atoms with Crippen molar-refractivity contribution in [2.45, 2.75) is 26.4 Å². The molecule has 0 aliphatic heterocycles. The van der Waals surface area contributed by atoms with Crippen LogP contribution in [0.3, 0.4) is 0 Å². The maximum absolute atomic E-state index is 8.55. The molecule has 0 saturated heterocycles. The zero-order valence-corrected chi connectivity index (χ0v) is 12.2. The summed E-state index contributed by atoms with van der Waals surface area (Å²) in [5, 5.41) is 12.5. The third-order valence-corrected chi connectivity index (χ3v) is 2.73. The van der Waals surface area contributed by atoms with E-state index in [4.69, 9.17) is 26.2 Å². The van der Waals surface area contributed by atoms with E-state index in [1.807, 2.05) is 18.2 Å². The van der Waals surface area contributed by atoms with E-state index in [2.05, 4.69) is 19.2 Å². The van der Waals surface area contributed by atoms with Gasteiger partial charge in [0.05, 0.1) is 24.8 Å². The number of hydrogen-bond acceptors (Lipinski definition) is 4. The van der Waals surface area contributed by atoms with E-state index in [0.29, 0.717) is 36.6 Å². The van der Waals surface area contributed by atoms with Crippen LogP contribution in [0.2, 0.25) is 5.02 Å². The molecule has 0 saturated carbocycles. The Morgan fingerprint density at radius 3 is 2.68 bits per heavy atom. The molecule has 1 aromatic carbocycles. The van der Waals surface area contributed by atoms with Gasteiger partial charge in [0.25, 0.3) is 0 Å². The highest BCUT2D eigenvalue weighted by Crippen LogP contribution is 2.25. The minimum absolute atomic E-state index is 0.0261. The molecule has 0 unspecified atom stereocenters. The van der Waals surface area contributed by atoms with Gasteiger partial charge in [-0.1, -0.05) is 31.5 Å². The Kier molecular flexibility index (Phi) is 7.82. The number of halogens is 1. The van der Waals surface area contributed by atoms with Crippen molar-refractivity contribution in [3.8, 4) is 5.75 Å². The molecule has 0 bridgehead atoms. The topological polar surface area (TPSA) is 50.7 Å². The van der Waals surface area contributed by atoms with E-state index >= 15 is 0 Å². The summed E-state index contributed by atoms with van der Waals surface area (Å²) in [6.45, 7) is 6.21. The Morgan fingerprint density at radius 1 is 1.26 bits per heavy atom. The van der Waals surface area contributed by atoms with Crippen LogP contribution in [0.5, 0.6) is 5.75 Å². The Labute approximate surface area is 119 Å². The fourth-order valence-electron chi connectivity index (χ4n) is 1.47. The maximum Gasteiger partial charge on any atom is 0.138 e. The van der Waals surface area contributed by atoms with Crippen molar-refractivity contribution >= 4 is 11.6 Å². The molecule has 0 aliphatic carbocycles. The lowest BCUT2D eigenvalue weighted by Crippen LogP contribution is -2.21. The molecule has 1 rings (SSSR count). The fraction of sp³-hybridized carbons (Fsp3) is 0.571. The lowest BCUT2D eigenvalue weighted by molar-refractivity contribution is 0.0705. The molecule has 108 valence electrons. The minimum atomic E-state index is 0.0261. The second-order valence-electron chi connectivity index (χ2n) is 4.48. The van der Waals surface area contributed by atoms with E-state index in [-0.39, 0.29) is 6.61 Å². The maximum atomic E-state index is 8.55. The predicted molar refractivity (Wildman–Crippen MR) is 76.8 cm³/mol. The SMILES string of the molecule is CC(C)NCc1ccc(OCCOCCO)c(Cl)c1. The molecule has 0 aromatic heterocycles. The Hall–Kier alpha value is -0.810. The summed E-state index contributed by atoms with van der Waals surface area (Å²) in [5.41, 5.74) is 1.13. The third-order valence-electron chi connectivity index (χ3n) is 2.43. The standard InChI is InChI=1S/C14H22ClNO3/c1-11(2)16-10-12-3-4-14(13(15)9-12)19-8-7-18-6-5-17/h3-4,9,11,16-17H,5-8,10H2,1-2H3. The number of hydrogen-bond donors (Lipinski definition) is 2. The smallest absolute Gasteiger partial charge is 0.138 e. The largest absolute Gasteiger partial charge is 0.490 e. The van der Waals surface area contributed by atoms with Gasteiger partial charge >= 0.3 is 0 Å². The van der Waals surface area contributed by atoms with Crippen molar-refractivity contribution < 1.29 is 14.6 Å². The first-order valence-electron chi connectivity index (χ1n) is 6.46. The molecule has 0 heterocycles. The average Bonchev–Trinajstić information content (AvgIpc) is 2.38. The Morgan fingerprint density at radius 2 is 2.05 bits per heavy atom. The highest BCUT2D eigenvalue weighted by Gasteiger charge is 2.03. The van der Waals surface area contributed by atoms with Crippen molar-refractivity contribution in [3.63, 3.8) is 0 Å². The second-order valence-corrected chi connectivity index (χ2v) is 4.89. The van der Waals surface area contributed by atoms with Gasteiger partial charge in [-0.15, -0.1) is 0 Å². The van der Waals surface area contributed by atoms with Crippen LogP contribution in [0.15, 0.2) is 18.2 Å². The van der Waals surface area contributed by atoms with Gasteiger partial charge in [-0.05, 0) is 17.7 Å². The van der Waals surface area contributed by atoms with Crippen molar-refractivity contribution in [1.29, 1.82) is 0 Å². The summed E-state index contributed by atoms with van der Waals surface area (Å²) < 4.78 is 10.6. The molecule has 4 nitrogen and oxygen atoms in total. The predicted octanol–water partition coefficient (Wildman–Crippen LogP) is 2.23. The molecule has 0 amide bonds. The lowest BCUT2D eigenvalue weighted by Gasteiger charge is -2.11. The van der Waals surface area contributed by atoms with E-state index in [0.717, 1.165) is 12.1 Å². The summed E-state index contributed by atoms with van der Waals surface area (Å²) in [5.74, 6) is 0.655. The van der Waals surface area contributed by atoms with Crippen LogP contribution in [0.25, 0.3) is 0 Å². The highest BCUT2D eigenvalue weighted by molar-refractivity contribution is 6.32. The van der Waals surface area contributed by atoms with Gasteiger partial charge in [-0.3, -0.25) is 0 Å². The highest BCUT2D eigenvalue weighted by atomic mass is 35.5. The van der Waals surface area contributed by atoms with E-state index < -0.39 is 0 Å². The minimum Gasteiger partial charge on any atom is -0.490 e. The van der Waals surface area contributed by atoms with E-state index in [1.54, 1.807) is 0 Å². The molecule has 5 heteroatoms. The number of benzene rings is 1. The molecule has 19 heavy (non-hydrogen) atoms. The molecule has 0 aliphatic rings. The van der Waals surface area contributed by atoms with Crippen LogP contribution in [0.4, 0.5) is 0 Å². The molecule has 0 atom stereocenters. The Balaban J connectivity index is 2.39. The zero-order chi connectivity index (χ0) is 14.1. The average molecular weight is 288 g/mol. The number of nitrogens with one attached hydrogen (secondary N) is 1. The van der Waals surface area contributed by atoms with Crippen LogP contribution in [0, 0.1) is 0 Å².